The average molecular weight is 379 g/mol. The number of hydrogen-bond acceptors (Lipinski definition) is 7. The number of aromatic nitrogens is 3. The second-order valence-corrected chi connectivity index (χ2v) is 8.13. The highest BCUT2D eigenvalue weighted by molar-refractivity contribution is 7.23. The first-order valence-corrected chi connectivity index (χ1v) is 10.1. The topological polar surface area (TPSA) is 65.4 Å². The van der Waals surface area contributed by atoms with Crippen LogP contribution in [0.3, 0.4) is 0 Å². The fourth-order valence-corrected chi connectivity index (χ4v) is 5.10. The molecule has 7 heteroatoms. The summed E-state index contributed by atoms with van der Waals surface area (Å²) in [5.74, 6) is 0. The van der Waals surface area contributed by atoms with Crippen LogP contribution >= 0.6 is 11.3 Å². The number of pyridine rings is 2. The van der Waals surface area contributed by atoms with Crippen molar-refractivity contribution in [1.82, 2.24) is 19.9 Å². The number of β-amino-alcohol motifs (C(OH)–C–C–N with tert-alkyl or cyclic N) is 1. The van der Waals surface area contributed by atoms with Crippen molar-refractivity contribution < 1.29 is 5.11 Å². The number of rotatable bonds is 3. The molecule has 1 aliphatic heterocycles. The maximum atomic E-state index is 9.61. The Hall–Kier alpha value is -2.35. The minimum atomic E-state index is -0.279. The Kier molecular flexibility index (Phi) is 4.15. The molecule has 0 unspecified atom stereocenters. The Bertz CT molecular complexity index is 1040. The summed E-state index contributed by atoms with van der Waals surface area (Å²) in [6, 6.07) is 4.13. The van der Waals surface area contributed by atoms with Crippen molar-refractivity contribution in [3.8, 4) is 0 Å². The monoisotopic (exact) mass is 379 g/mol. The van der Waals surface area contributed by atoms with Gasteiger partial charge in [0, 0.05) is 79.1 Å². The zero-order chi connectivity index (χ0) is 18.4. The number of nitrogens with zero attached hydrogens (tertiary/aromatic N) is 5. The van der Waals surface area contributed by atoms with E-state index in [0.717, 1.165) is 59.5 Å². The van der Waals surface area contributed by atoms with E-state index in [9.17, 15) is 5.11 Å². The van der Waals surface area contributed by atoms with E-state index in [1.165, 1.54) is 10.1 Å². The smallest absolute Gasteiger partial charge is 0.186 e. The van der Waals surface area contributed by atoms with Gasteiger partial charge in [0.25, 0.3) is 0 Å². The third kappa shape index (κ3) is 2.92. The summed E-state index contributed by atoms with van der Waals surface area (Å²) in [6.07, 6.45) is 7.23. The average Bonchev–Trinajstić information content (AvgIpc) is 3.14. The highest BCUT2D eigenvalue weighted by Crippen LogP contribution is 2.39. The Morgan fingerprint density at radius 1 is 1.00 bits per heavy atom. The van der Waals surface area contributed by atoms with Crippen LogP contribution in [0.25, 0.3) is 31.8 Å². The molecule has 0 bridgehead atoms. The van der Waals surface area contributed by atoms with E-state index in [-0.39, 0.29) is 6.10 Å². The lowest BCUT2D eigenvalue weighted by Crippen LogP contribution is -2.48. The molecule has 1 saturated heterocycles. The van der Waals surface area contributed by atoms with Crippen molar-refractivity contribution in [2.75, 3.05) is 37.6 Å². The predicted molar refractivity (Wildman–Crippen MR) is 111 cm³/mol. The molecule has 138 valence electrons. The Labute approximate surface area is 161 Å². The molecule has 1 atom stereocenters. The molecule has 0 saturated carbocycles. The van der Waals surface area contributed by atoms with Crippen molar-refractivity contribution >= 4 is 48.2 Å². The molecule has 5 rings (SSSR count). The van der Waals surface area contributed by atoms with Gasteiger partial charge in [-0.05, 0) is 19.1 Å². The minimum absolute atomic E-state index is 0.279. The normalized spacial score (nSPS) is 17.2. The molecule has 0 amide bonds. The first-order valence-electron chi connectivity index (χ1n) is 9.26. The van der Waals surface area contributed by atoms with Gasteiger partial charge in [-0.3, -0.25) is 14.9 Å². The van der Waals surface area contributed by atoms with Crippen molar-refractivity contribution in [3.05, 3.63) is 36.9 Å². The fourth-order valence-electron chi connectivity index (χ4n) is 3.93. The van der Waals surface area contributed by atoms with Crippen molar-refractivity contribution in [2.24, 2.45) is 0 Å². The summed E-state index contributed by atoms with van der Waals surface area (Å²) >= 11 is 1.76. The number of fused-ring (bicyclic) bond motifs is 6. The number of aliphatic hydroxyl groups excluding tert-OH is 1. The minimum Gasteiger partial charge on any atom is -0.392 e. The molecule has 4 aromatic rings. The molecule has 0 radical (unpaired) electrons. The molecular formula is C20H21N5OS. The number of piperazine rings is 1. The largest absolute Gasteiger partial charge is 0.392 e. The maximum absolute atomic E-state index is 9.61. The molecule has 6 nitrogen and oxygen atoms in total. The Balaban J connectivity index is 1.58. The summed E-state index contributed by atoms with van der Waals surface area (Å²) in [7, 11) is 0. The molecule has 1 aromatic carbocycles. The van der Waals surface area contributed by atoms with Crippen LogP contribution in [0, 0.1) is 0 Å². The van der Waals surface area contributed by atoms with Gasteiger partial charge in [-0.15, -0.1) is 0 Å². The van der Waals surface area contributed by atoms with Crippen molar-refractivity contribution in [3.63, 3.8) is 0 Å². The maximum Gasteiger partial charge on any atom is 0.186 e. The van der Waals surface area contributed by atoms with Gasteiger partial charge in [-0.1, -0.05) is 11.3 Å². The summed E-state index contributed by atoms with van der Waals surface area (Å²) in [5.41, 5.74) is 1.05. The van der Waals surface area contributed by atoms with Crippen LogP contribution in [0.2, 0.25) is 0 Å². The van der Waals surface area contributed by atoms with Crippen LogP contribution in [0.15, 0.2) is 36.9 Å². The third-order valence-electron chi connectivity index (χ3n) is 5.21. The van der Waals surface area contributed by atoms with Crippen LogP contribution < -0.4 is 4.90 Å². The Morgan fingerprint density at radius 3 is 2.37 bits per heavy atom. The molecule has 0 aliphatic carbocycles. The number of thiazole rings is 1. The van der Waals surface area contributed by atoms with Crippen molar-refractivity contribution in [1.29, 1.82) is 0 Å². The van der Waals surface area contributed by atoms with Crippen LogP contribution in [-0.4, -0.2) is 63.8 Å². The van der Waals surface area contributed by atoms with Crippen LogP contribution in [0.5, 0.6) is 0 Å². The van der Waals surface area contributed by atoms with Gasteiger partial charge >= 0.3 is 0 Å². The summed E-state index contributed by atoms with van der Waals surface area (Å²) in [5, 5.41) is 15.2. The molecular weight excluding hydrogens is 358 g/mol. The number of anilines is 1. The van der Waals surface area contributed by atoms with E-state index < -0.39 is 0 Å². The highest BCUT2D eigenvalue weighted by atomic mass is 32.1. The molecule has 27 heavy (non-hydrogen) atoms. The van der Waals surface area contributed by atoms with Gasteiger partial charge in [0.15, 0.2) is 5.13 Å². The molecule has 1 fully saturated rings. The number of hydrogen-bond donors (Lipinski definition) is 1. The van der Waals surface area contributed by atoms with E-state index in [4.69, 9.17) is 4.98 Å². The second-order valence-electron chi connectivity index (χ2n) is 7.15. The van der Waals surface area contributed by atoms with Gasteiger partial charge in [0.2, 0.25) is 0 Å². The quantitative estimate of drug-likeness (QED) is 0.552. The van der Waals surface area contributed by atoms with Gasteiger partial charge in [0.1, 0.15) is 0 Å². The van der Waals surface area contributed by atoms with E-state index in [1.54, 1.807) is 11.3 Å². The molecule has 0 spiro atoms. The SMILES string of the molecule is C[C@@H](O)CN1CCN(c2nc3c4ccncc4c4cnccc4c3s2)CC1. The zero-order valence-electron chi connectivity index (χ0n) is 15.2. The van der Waals surface area contributed by atoms with E-state index >= 15 is 0 Å². The van der Waals surface area contributed by atoms with Gasteiger partial charge in [-0.25, -0.2) is 4.98 Å². The standard InChI is InChI=1S/C20H21N5OS/c1-13(26)12-24-6-8-25(9-7-24)20-23-18-14-2-4-21-10-16(14)17-11-22-5-3-15(17)19(18)27-20/h2-5,10-11,13,26H,6-9,12H2,1H3/t13-/m1/s1. The predicted octanol–water partition coefficient (Wildman–Crippen LogP) is 2.90. The van der Waals surface area contributed by atoms with Crippen molar-refractivity contribution in [2.45, 2.75) is 13.0 Å². The van der Waals surface area contributed by atoms with E-state index in [0.29, 0.717) is 0 Å². The fraction of sp³-hybridized carbons (Fsp3) is 0.350. The van der Waals surface area contributed by atoms with Crippen LogP contribution in [0.1, 0.15) is 6.92 Å². The Morgan fingerprint density at radius 2 is 1.67 bits per heavy atom. The lowest BCUT2D eigenvalue weighted by Gasteiger charge is -2.35. The molecule has 1 N–H and O–H groups in total. The van der Waals surface area contributed by atoms with Gasteiger partial charge in [0.05, 0.1) is 16.3 Å². The van der Waals surface area contributed by atoms with Crippen LogP contribution in [0.4, 0.5) is 5.13 Å². The lowest BCUT2D eigenvalue weighted by molar-refractivity contribution is 0.123. The van der Waals surface area contributed by atoms with Crippen LogP contribution in [-0.2, 0) is 0 Å². The summed E-state index contributed by atoms with van der Waals surface area (Å²) < 4.78 is 1.22. The van der Waals surface area contributed by atoms with E-state index in [1.807, 2.05) is 37.8 Å². The third-order valence-corrected chi connectivity index (χ3v) is 6.36. The zero-order valence-corrected chi connectivity index (χ0v) is 16.0. The van der Waals surface area contributed by atoms with Gasteiger partial charge < -0.3 is 10.0 Å². The molecule has 3 aromatic heterocycles. The van der Waals surface area contributed by atoms with Gasteiger partial charge in [-0.2, -0.15) is 0 Å². The molecule has 1 aliphatic rings. The number of aliphatic hydroxyl groups is 1. The first-order chi connectivity index (χ1) is 13.2. The number of benzene rings is 1. The second kappa shape index (κ2) is 6.67. The first kappa shape index (κ1) is 16.8. The lowest BCUT2D eigenvalue weighted by atomic mass is 10.0. The molecule has 4 heterocycles. The summed E-state index contributed by atoms with van der Waals surface area (Å²) in [6.45, 7) is 6.37. The summed E-state index contributed by atoms with van der Waals surface area (Å²) in [4.78, 5) is 18.3. The highest BCUT2D eigenvalue weighted by Gasteiger charge is 2.22. The van der Waals surface area contributed by atoms with E-state index in [2.05, 4.69) is 25.8 Å².